The number of hydrogen-bond acceptors (Lipinski definition) is 5. The van der Waals surface area contributed by atoms with Crippen LogP contribution in [0.3, 0.4) is 0 Å². The van der Waals surface area contributed by atoms with Crippen LogP contribution in [0.2, 0.25) is 0 Å². The number of hydrogen-bond donors (Lipinski definition) is 2. The van der Waals surface area contributed by atoms with Gasteiger partial charge in [-0.05, 0) is 47.1 Å². The number of aryl methyl sites for hydroxylation is 1. The summed E-state index contributed by atoms with van der Waals surface area (Å²) in [5, 5.41) is 0.501. The number of nitrogens with zero attached hydrogens (tertiary/aromatic N) is 4. The molecule has 0 bridgehead atoms. The molecule has 0 aliphatic carbocycles. The van der Waals surface area contributed by atoms with Crippen molar-refractivity contribution in [3.63, 3.8) is 0 Å². The largest absolute Gasteiger partial charge is 0.329 e. The Morgan fingerprint density at radius 1 is 1.20 bits per heavy atom. The zero-order valence-corrected chi connectivity index (χ0v) is 13.5. The van der Waals surface area contributed by atoms with E-state index < -0.39 is 0 Å². The molecule has 0 fully saturated rings. The summed E-state index contributed by atoms with van der Waals surface area (Å²) < 4.78 is 0. The van der Waals surface area contributed by atoms with E-state index >= 15 is 0 Å². The number of thiol groups is 1. The van der Waals surface area contributed by atoms with Crippen LogP contribution in [-0.2, 0) is 6.42 Å². The van der Waals surface area contributed by atoms with Gasteiger partial charge in [0.2, 0.25) is 0 Å². The van der Waals surface area contributed by atoms with Gasteiger partial charge in [-0.3, -0.25) is 4.90 Å². The maximum atomic E-state index is 4.41. The average Bonchev–Trinajstić information content (AvgIpc) is 2.81. The normalized spacial score (nSPS) is 12.2. The third kappa shape index (κ3) is 3.49. The summed E-state index contributed by atoms with van der Waals surface area (Å²) in [7, 11) is 0. The summed E-state index contributed by atoms with van der Waals surface area (Å²) in [6, 6.07) is 1.12. The number of H-pyrrole nitrogens is 1. The van der Waals surface area contributed by atoms with E-state index in [9.17, 15) is 0 Å². The molecule has 0 aliphatic heterocycles. The van der Waals surface area contributed by atoms with Crippen LogP contribution in [0.15, 0.2) is 11.5 Å². The van der Waals surface area contributed by atoms with E-state index in [2.05, 4.69) is 65.2 Å². The fourth-order valence-electron chi connectivity index (χ4n) is 2.60. The van der Waals surface area contributed by atoms with Crippen molar-refractivity contribution in [1.29, 1.82) is 0 Å². The van der Waals surface area contributed by atoms with Gasteiger partial charge in [-0.15, -0.1) is 12.6 Å². The Bertz CT molecular complexity index is 556. The van der Waals surface area contributed by atoms with Crippen LogP contribution in [0.1, 0.15) is 39.8 Å². The molecule has 0 aromatic carbocycles. The van der Waals surface area contributed by atoms with E-state index in [1.165, 1.54) is 0 Å². The van der Waals surface area contributed by atoms with E-state index in [-0.39, 0.29) is 0 Å². The lowest BCUT2D eigenvalue weighted by Crippen LogP contribution is -2.37. The minimum absolute atomic E-state index is 0.501. The number of aromatic nitrogens is 4. The fraction of sp³-hybridized carbons (Fsp3) is 0.643. The standard InChI is InChI=1S/C14H23N5S/c1-9(2)19(10(3)4)7-5-6-11-12-13(16-8-15-12)18-14(20)17-11/h8-10H,5-7H2,1-4H3,(H2,15,16,17,18,20). The van der Waals surface area contributed by atoms with Crippen LogP contribution < -0.4 is 0 Å². The van der Waals surface area contributed by atoms with Gasteiger partial charge in [0.15, 0.2) is 10.8 Å². The molecule has 20 heavy (non-hydrogen) atoms. The second kappa shape index (κ2) is 6.54. The van der Waals surface area contributed by atoms with E-state index in [0.29, 0.717) is 17.2 Å². The molecule has 1 N–H and O–H groups in total. The lowest BCUT2D eigenvalue weighted by molar-refractivity contribution is 0.173. The number of nitrogens with one attached hydrogen (secondary N) is 1. The quantitative estimate of drug-likeness (QED) is 0.635. The Kier molecular flexibility index (Phi) is 4.99. The highest BCUT2D eigenvalue weighted by atomic mass is 32.1. The summed E-state index contributed by atoms with van der Waals surface area (Å²) in [5.74, 6) is 0. The second-order valence-corrected chi connectivity index (χ2v) is 6.00. The maximum absolute atomic E-state index is 4.41. The lowest BCUT2D eigenvalue weighted by Gasteiger charge is -2.30. The van der Waals surface area contributed by atoms with Crippen LogP contribution in [0.5, 0.6) is 0 Å². The van der Waals surface area contributed by atoms with Crippen molar-refractivity contribution in [3.05, 3.63) is 12.0 Å². The van der Waals surface area contributed by atoms with E-state index in [0.717, 1.165) is 36.2 Å². The molecule has 0 radical (unpaired) electrons. The first-order chi connectivity index (χ1) is 9.49. The third-order valence-corrected chi connectivity index (χ3v) is 3.70. The maximum Gasteiger partial charge on any atom is 0.186 e. The molecule has 0 atom stereocenters. The van der Waals surface area contributed by atoms with Crippen LogP contribution in [0.4, 0.5) is 0 Å². The van der Waals surface area contributed by atoms with Crippen LogP contribution in [0.25, 0.3) is 11.2 Å². The van der Waals surface area contributed by atoms with Crippen molar-refractivity contribution in [2.45, 2.75) is 57.8 Å². The monoisotopic (exact) mass is 293 g/mol. The molecule has 110 valence electrons. The summed E-state index contributed by atoms with van der Waals surface area (Å²) in [6.07, 6.45) is 3.61. The lowest BCUT2D eigenvalue weighted by atomic mass is 10.1. The van der Waals surface area contributed by atoms with Gasteiger partial charge < -0.3 is 4.98 Å². The summed E-state index contributed by atoms with van der Waals surface area (Å²) in [5.41, 5.74) is 2.61. The van der Waals surface area contributed by atoms with Gasteiger partial charge in [-0.2, -0.15) is 0 Å². The third-order valence-electron chi connectivity index (χ3n) is 3.50. The molecule has 0 unspecified atom stereocenters. The van der Waals surface area contributed by atoms with Gasteiger partial charge in [0.05, 0.1) is 12.0 Å². The van der Waals surface area contributed by atoms with Crippen molar-refractivity contribution in [2.75, 3.05) is 6.54 Å². The summed E-state index contributed by atoms with van der Waals surface area (Å²) >= 11 is 4.25. The SMILES string of the molecule is CC(C)N(CCCc1nc(S)nc2[nH]cnc12)C(C)C. The first-order valence-corrected chi connectivity index (χ1v) is 7.58. The molecule has 0 spiro atoms. The van der Waals surface area contributed by atoms with Crippen molar-refractivity contribution >= 4 is 23.8 Å². The van der Waals surface area contributed by atoms with Crippen molar-refractivity contribution < 1.29 is 0 Å². The summed E-state index contributed by atoms with van der Waals surface area (Å²) in [4.78, 5) is 18.4. The zero-order valence-electron chi connectivity index (χ0n) is 12.6. The number of rotatable bonds is 6. The Morgan fingerprint density at radius 3 is 2.55 bits per heavy atom. The molecular weight excluding hydrogens is 270 g/mol. The Labute approximate surface area is 125 Å². The second-order valence-electron chi connectivity index (χ2n) is 5.60. The summed E-state index contributed by atoms with van der Waals surface area (Å²) in [6.45, 7) is 10.0. The van der Waals surface area contributed by atoms with Gasteiger partial charge in [-0.1, -0.05) is 0 Å². The minimum Gasteiger partial charge on any atom is -0.329 e. The van der Waals surface area contributed by atoms with Gasteiger partial charge in [0, 0.05) is 12.1 Å². The van der Waals surface area contributed by atoms with E-state index in [1.54, 1.807) is 6.33 Å². The van der Waals surface area contributed by atoms with Gasteiger partial charge in [0.25, 0.3) is 0 Å². The van der Waals surface area contributed by atoms with Gasteiger partial charge in [-0.25, -0.2) is 15.0 Å². The molecule has 0 saturated carbocycles. The highest BCUT2D eigenvalue weighted by Gasteiger charge is 2.14. The molecule has 6 heteroatoms. The molecule has 0 saturated heterocycles. The molecule has 2 aromatic rings. The number of fused-ring (bicyclic) bond motifs is 1. The highest BCUT2D eigenvalue weighted by Crippen LogP contribution is 2.15. The van der Waals surface area contributed by atoms with Gasteiger partial charge in [0.1, 0.15) is 5.52 Å². The van der Waals surface area contributed by atoms with Crippen LogP contribution >= 0.6 is 12.6 Å². The molecule has 2 aromatic heterocycles. The van der Waals surface area contributed by atoms with Crippen molar-refractivity contribution in [3.8, 4) is 0 Å². The minimum atomic E-state index is 0.501. The molecule has 0 aliphatic rings. The van der Waals surface area contributed by atoms with Gasteiger partial charge >= 0.3 is 0 Å². The zero-order chi connectivity index (χ0) is 14.7. The first-order valence-electron chi connectivity index (χ1n) is 7.13. The molecule has 5 nitrogen and oxygen atoms in total. The van der Waals surface area contributed by atoms with Crippen molar-refractivity contribution in [2.24, 2.45) is 0 Å². The predicted molar refractivity (Wildman–Crippen MR) is 84.2 cm³/mol. The molecule has 0 amide bonds. The molecule has 2 heterocycles. The predicted octanol–water partition coefficient (Wildman–Crippen LogP) is 2.69. The highest BCUT2D eigenvalue weighted by molar-refractivity contribution is 7.80. The molecule has 2 rings (SSSR count). The van der Waals surface area contributed by atoms with Crippen LogP contribution in [-0.4, -0.2) is 43.5 Å². The van der Waals surface area contributed by atoms with E-state index in [1.807, 2.05) is 0 Å². The number of aromatic amines is 1. The topological polar surface area (TPSA) is 57.7 Å². The smallest absolute Gasteiger partial charge is 0.186 e. The average molecular weight is 293 g/mol. The van der Waals surface area contributed by atoms with Crippen molar-refractivity contribution in [1.82, 2.24) is 24.8 Å². The Hall–Kier alpha value is -1.14. The fourth-order valence-corrected chi connectivity index (χ4v) is 2.82. The Balaban J connectivity index is 2.04. The van der Waals surface area contributed by atoms with E-state index in [4.69, 9.17) is 0 Å². The first kappa shape index (κ1) is 15.3. The molecular formula is C14H23N5S. The van der Waals surface area contributed by atoms with Crippen LogP contribution in [0, 0.1) is 0 Å². The number of imidazole rings is 1. The Morgan fingerprint density at radius 2 is 1.90 bits per heavy atom.